The first-order valence-corrected chi connectivity index (χ1v) is 8.26. The molecule has 1 saturated heterocycles. The maximum absolute atomic E-state index is 13.4. The zero-order valence-electron chi connectivity index (χ0n) is 13.9. The first-order chi connectivity index (χ1) is 12.1. The van der Waals surface area contributed by atoms with Crippen LogP contribution < -0.4 is 5.32 Å². The number of fused-ring (bicyclic) bond motifs is 1. The average molecular weight is 342 g/mol. The summed E-state index contributed by atoms with van der Waals surface area (Å²) >= 11 is 0. The van der Waals surface area contributed by atoms with E-state index < -0.39 is 0 Å². The van der Waals surface area contributed by atoms with Crippen molar-refractivity contribution in [2.75, 3.05) is 18.4 Å². The third kappa shape index (κ3) is 3.25. The van der Waals surface area contributed by atoms with Gasteiger partial charge >= 0.3 is 0 Å². The fourth-order valence-electron chi connectivity index (χ4n) is 3.36. The molecule has 8 heteroatoms. The molecule has 25 heavy (non-hydrogen) atoms. The minimum Gasteiger partial charge on any atom is -0.341 e. The van der Waals surface area contributed by atoms with Gasteiger partial charge in [-0.15, -0.1) is 0 Å². The van der Waals surface area contributed by atoms with Crippen LogP contribution >= 0.6 is 0 Å². The van der Waals surface area contributed by atoms with Crippen LogP contribution in [0.3, 0.4) is 0 Å². The molecule has 1 unspecified atom stereocenters. The van der Waals surface area contributed by atoms with E-state index in [2.05, 4.69) is 25.3 Å². The number of carbonyl (C=O) groups is 1. The summed E-state index contributed by atoms with van der Waals surface area (Å²) in [5.41, 5.74) is 2.10. The van der Waals surface area contributed by atoms with Crippen molar-refractivity contribution in [3.8, 4) is 0 Å². The maximum Gasteiger partial charge on any atom is 0.238 e. The first kappa shape index (κ1) is 15.8. The molecule has 1 amide bonds. The van der Waals surface area contributed by atoms with Gasteiger partial charge in [-0.3, -0.25) is 14.4 Å². The number of halogens is 1. The number of anilines is 1. The highest BCUT2D eigenvalue weighted by Crippen LogP contribution is 2.31. The Hall–Kier alpha value is -2.74. The topological polar surface area (TPSA) is 78.8 Å². The largest absolute Gasteiger partial charge is 0.341 e. The van der Waals surface area contributed by atoms with Crippen molar-refractivity contribution >= 4 is 22.6 Å². The van der Waals surface area contributed by atoms with Crippen molar-refractivity contribution in [2.24, 2.45) is 7.05 Å². The molecule has 130 valence electrons. The van der Waals surface area contributed by atoms with Crippen LogP contribution in [-0.4, -0.2) is 43.6 Å². The number of hydrogen-bond donors (Lipinski definition) is 2. The van der Waals surface area contributed by atoms with Gasteiger partial charge in [0.15, 0.2) is 0 Å². The molecule has 3 heterocycles. The molecular formula is C17H19FN6O. The minimum absolute atomic E-state index is 0.0371. The third-order valence-electron chi connectivity index (χ3n) is 4.48. The van der Waals surface area contributed by atoms with Gasteiger partial charge in [0.2, 0.25) is 5.91 Å². The zero-order valence-corrected chi connectivity index (χ0v) is 13.9. The van der Waals surface area contributed by atoms with Gasteiger partial charge < -0.3 is 10.3 Å². The number of likely N-dealkylation sites (tertiary alicyclic amines) is 1. The number of aromatic amines is 1. The van der Waals surface area contributed by atoms with Gasteiger partial charge in [0, 0.05) is 13.2 Å². The van der Waals surface area contributed by atoms with Crippen molar-refractivity contribution < 1.29 is 9.18 Å². The number of benzene rings is 1. The second kappa shape index (κ2) is 6.29. The van der Waals surface area contributed by atoms with Crippen LogP contribution in [0.25, 0.3) is 11.0 Å². The monoisotopic (exact) mass is 342 g/mol. The summed E-state index contributed by atoms with van der Waals surface area (Å²) in [6, 6.07) is 4.55. The van der Waals surface area contributed by atoms with Crippen LogP contribution in [0.2, 0.25) is 0 Å². The second-order valence-electron chi connectivity index (χ2n) is 6.36. The number of rotatable bonds is 4. The Morgan fingerprint density at radius 3 is 3.16 bits per heavy atom. The number of nitrogens with one attached hydrogen (secondary N) is 2. The van der Waals surface area contributed by atoms with Crippen molar-refractivity contribution in [1.29, 1.82) is 0 Å². The number of aryl methyl sites for hydroxylation is 1. The summed E-state index contributed by atoms with van der Waals surface area (Å²) < 4.78 is 15.0. The maximum atomic E-state index is 13.4. The Kier molecular flexibility index (Phi) is 3.96. The quantitative estimate of drug-likeness (QED) is 0.762. The minimum atomic E-state index is -0.290. The highest BCUT2D eigenvalue weighted by atomic mass is 19.1. The molecule has 1 aliphatic heterocycles. The average Bonchev–Trinajstić information content (AvgIpc) is 3.26. The Labute approximate surface area is 143 Å². The van der Waals surface area contributed by atoms with Crippen LogP contribution in [0, 0.1) is 5.82 Å². The Balaban J connectivity index is 1.48. The van der Waals surface area contributed by atoms with E-state index in [9.17, 15) is 9.18 Å². The fraction of sp³-hybridized carbons (Fsp3) is 0.353. The number of amides is 1. The number of carbonyl (C=O) groups excluding carboxylic acids is 1. The summed E-state index contributed by atoms with van der Waals surface area (Å²) in [7, 11) is 1.80. The molecule has 7 nitrogen and oxygen atoms in total. The van der Waals surface area contributed by atoms with Crippen LogP contribution in [0.4, 0.5) is 10.1 Å². The van der Waals surface area contributed by atoms with Crippen molar-refractivity contribution in [1.82, 2.24) is 24.6 Å². The van der Waals surface area contributed by atoms with E-state index in [1.807, 2.05) is 0 Å². The zero-order chi connectivity index (χ0) is 17.4. The summed E-state index contributed by atoms with van der Waals surface area (Å²) in [4.78, 5) is 22.2. The van der Waals surface area contributed by atoms with Crippen molar-refractivity contribution in [2.45, 2.75) is 18.9 Å². The van der Waals surface area contributed by atoms with E-state index in [4.69, 9.17) is 0 Å². The third-order valence-corrected chi connectivity index (χ3v) is 4.48. The van der Waals surface area contributed by atoms with Crippen molar-refractivity contribution in [3.05, 3.63) is 42.2 Å². The molecule has 2 N–H and O–H groups in total. The lowest BCUT2D eigenvalue weighted by Crippen LogP contribution is -2.33. The predicted octanol–water partition coefficient (Wildman–Crippen LogP) is 2.21. The molecule has 1 aromatic carbocycles. The van der Waals surface area contributed by atoms with Crippen LogP contribution in [0.1, 0.15) is 24.7 Å². The molecule has 0 radical (unpaired) electrons. The molecule has 1 atom stereocenters. The number of aromatic nitrogens is 4. The van der Waals surface area contributed by atoms with Gasteiger partial charge in [-0.25, -0.2) is 9.37 Å². The van der Waals surface area contributed by atoms with E-state index in [1.54, 1.807) is 30.2 Å². The Morgan fingerprint density at radius 2 is 2.36 bits per heavy atom. The van der Waals surface area contributed by atoms with Crippen LogP contribution in [0.5, 0.6) is 0 Å². The number of H-pyrrole nitrogens is 1. The van der Waals surface area contributed by atoms with E-state index in [1.165, 1.54) is 12.1 Å². The smallest absolute Gasteiger partial charge is 0.238 e. The SMILES string of the molecule is Cn1cc(NC(=O)CN2CCCC2c2nc3ccc(F)cc3[nH]2)cn1. The molecular weight excluding hydrogens is 323 g/mol. The summed E-state index contributed by atoms with van der Waals surface area (Å²) in [6.45, 7) is 1.11. The van der Waals surface area contributed by atoms with Crippen LogP contribution in [0.15, 0.2) is 30.6 Å². The summed E-state index contributed by atoms with van der Waals surface area (Å²) in [5, 5.41) is 6.89. The highest BCUT2D eigenvalue weighted by Gasteiger charge is 2.30. The molecule has 1 aliphatic rings. The number of imidazole rings is 1. The standard InChI is InChI=1S/C17H19FN6O/c1-23-9-12(8-19-23)20-16(25)10-24-6-2-3-15(24)17-21-13-5-4-11(18)7-14(13)22-17/h4-5,7-9,15H,2-3,6,10H2,1H3,(H,20,25)(H,21,22). The number of nitrogens with zero attached hydrogens (tertiary/aromatic N) is 4. The highest BCUT2D eigenvalue weighted by molar-refractivity contribution is 5.92. The fourth-order valence-corrected chi connectivity index (χ4v) is 3.36. The van der Waals surface area contributed by atoms with Gasteiger partial charge in [-0.05, 0) is 37.6 Å². The van der Waals surface area contributed by atoms with Crippen molar-refractivity contribution in [3.63, 3.8) is 0 Å². The van der Waals surface area contributed by atoms with E-state index in [0.717, 1.165) is 30.7 Å². The van der Waals surface area contributed by atoms with E-state index >= 15 is 0 Å². The van der Waals surface area contributed by atoms with E-state index in [-0.39, 0.29) is 24.3 Å². The molecule has 0 aliphatic carbocycles. The second-order valence-corrected chi connectivity index (χ2v) is 6.36. The molecule has 3 aromatic rings. The lowest BCUT2D eigenvalue weighted by molar-refractivity contribution is -0.117. The van der Waals surface area contributed by atoms with E-state index in [0.29, 0.717) is 11.2 Å². The van der Waals surface area contributed by atoms with Gasteiger partial charge in [-0.2, -0.15) is 5.10 Å². The van der Waals surface area contributed by atoms with Gasteiger partial charge in [0.1, 0.15) is 11.6 Å². The lowest BCUT2D eigenvalue weighted by atomic mass is 10.2. The lowest BCUT2D eigenvalue weighted by Gasteiger charge is -2.21. The Morgan fingerprint density at radius 1 is 1.48 bits per heavy atom. The molecule has 0 spiro atoms. The molecule has 1 fully saturated rings. The normalized spacial score (nSPS) is 18.1. The number of hydrogen-bond acceptors (Lipinski definition) is 4. The molecule has 0 bridgehead atoms. The molecule has 2 aromatic heterocycles. The van der Waals surface area contributed by atoms with Gasteiger partial charge in [0.25, 0.3) is 0 Å². The summed E-state index contributed by atoms with van der Waals surface area (Å²) in [6.07, 6.45) is 5.29. The van der Waals surface area contributed by atoms with Gasteiger partial charge in [-0.1, -0.05) is 0 Å². The van der Waals surface area contributed by atoms with Gasteiger partial charge in [0.05, 0.1) is 35.5 Å². The van der Waals surface area contributed by atoms with Crippen LogP contribution in [-0.2, 0) is 11.8 Å². The predicted molar refractivity (Wildman–Crippen MR) is 91.4 cm³/mol. The molecule has 0 saturated carbocycles. The summed E-state index contributed by atoms with van der Waals surface area (Å²) in [5.74, 6) is 0.413. The first-order valence-electron chi connectivity index (χ1n) is 8.26. The molecule has 4 rings (SSSR count). The Bertz CT molecular complexity index is 917.